The first-order chi connectivity index (χ1) is 9.16. The molecule has 8 heteroatoms. The number of hydrogen-bond donors (Lipinski definition) is 0. The molecule has 3 aromatic heterocycles. The SMILES string of the molecule is Cc1nnsc1Cn1cnc2c(N(C)C)ncnc21. The zero-order valence-corrected chi connectivity index (χ0v) is 11.7. The smallest absolute Gasteiger partial charge is 0.165 e. The van der Waals surface area contributed by atoms with Crippen LogP contribution in [0.25, 0.3) is 11.2 Å². The van der Waals surface area contributed by atoms with E-state index >= 15 is 0 Å². The number of hydrogen-bond acceptors (Lipinski definition) is 7. The number of fused-ring (bicyclic) bond motifs is 1. The molecule has 0 aromatic carbocycles. The number of aryl methyl sites for hydroxylation is 1. The molecule has 0 amide bonds. The summed E-state index contributed by atoms with van der Waals surface area (Å²) >= 11 is 1.40. The van der Waals surface area contributed by atoms with Gasteiger partial charge in [-0.2, -0.15) is 0 Å². The van der Waals surface area contributed by atoms with Gasteiger partial charge in [0.2, 0.25) is 0 Å². The fourth-order valence-electron chi connectivity index (χ4n) is 1.86. The Labute approximate surface area is 114 Å². The third-order valence-corrected chi connectivity index (χ3v) is 3.67. The molecule has 0 aliphatic heterocycles. The Bertz CT molecular complexity index is 715. The molecule has 0 unspecified atom stereocenters. The lowest BCUT2D eigenvalue weighted by molar-refractivity contribution is 0.816. The van der Waals surface area contributed by atoms with Crippen LogP contribution in [0.2, 0.25) is 0 Å². The Kier molecular flexibility index (Phi) is 2.86. The first kappa shape index (κ1) is 12.0. The van der Waals surface area contributed by atoms with E-state index in [-0.39, 0.29) is 0 Å². The maximum absolute atomic E-state index is 4.41. The van der Waals surface area contributed by atoms with Gasteiger partial charge in [0.05, 0.1) is 23.4 Å². The third-order valence-electron chi connectivity index (χ3n) is 2.86. The van der Waals surface area contributed by atoms with Crippen LogP contribution in [0.1, 0.15) is 10.6 Å². The highest BCUT2D eigenvalue weighted by Gasteiger charge is 2.13. The van der Waals surface area contributed by atoms with E-state index in [0.717, 1.165) is 27.6 Å². The Hall–Kier alpha value is -2.09. The molecule has 0 fully saturated rings. The van der Waals surface area contributed by atoms with E-state index in [0.29, 0.717) is 6.54 Å². The van der Waals surface area contributed by atoms with Gasteiger partial charge < -0.3 is 9.47 Å². The van der Waals surface area contributed by atoms with Gasteiger partial charge in [0.25, 0.3) is 0 Å². The van der Waals surface area contributed by atoms with Crippen molar-refractivity contribution in [2.45, 2.75) is 13.5 Å². The summed E-state index contributed by atoms with van der Waals surface area (Å²) in [5, 5.41) is 4.02. The van der Waals surface area contributed by atoms with Gasteiger partial charge in [-0.3, -0.25) is 0 Å². The summed E-state index contributed by atoms with van der Waals surface area (Å²) in [6.07, 6.45) is 3.35. The lowest BCUT2D eigenvalue weighted by Gasteiger charge is -2.10. The van der Waals surface area contributed by atoms with E-state index in [2.05, 4.69) is 24.5 Å². The number of aromatic nitrogens is 6. The standard InChI is InChI=1S/C11H13N7S/c1-7-8(19-16-15-7)4-18-6-14-9-10(17(2)3)12-5-13-11(9)18/h5-6H,4H2,1-3H3. The van der Waals surface area contributed by atoms with Gasteiger partial charge in [-0.15, -0.1) is 5.10 Å². The summed E-state index contributed by atoms with van der Waals surface area (Å²) in [6, 6.07) is 0. The summed E-state index contributed by atoms with van der Waals surface area (Å²) in [6.45, 7) is 2.64. The molecule has 0 saturated heterocycles. The molecule has 0 radical (unpaired) electrons. The lowest BCUT2D eigenvalue weighted by atomic mass is 10.4. The van der Waals surface area contributed by atoms with Gasteiger partial charge >= 0.3 is 0 Å². The second-order valence-electron chi connectivity index (χ2n) is 4.42. The fourth-order valence-corrected chi connectivity index (χ4v) is 2.49. The Balaban J connectivity index is 2.06. The second-order valence-corrected chi connectivity index (χ2v) is 5.26. The van der Waals surface area contributed by atoms with Crippen LogP contribution in [0, 0.1) is 6.92 Å². The Morgan fingerprint density at radius 2 is 2.11 bits per heavy atom. The molecule has 0 spiro atoms. The minimum Gasteiger partial charge on any atom is -0.361 e. The third kappa shape index (κ3) is 2.03. The maximum Gasteiger partial charge on any atom is 0.165 e. The van der Waals surface area contributed by atoms with Gasteiger partial charge in [0.15, 0.2) is 17.0 Å². The first-order valence-electron chi connectivity index (χ1n) is 5.78. The molecule has 98 valence electrons. The summed E-state index contributed by atoms with van der Waals surface area (Å²) in [5.74, 6) is 0.822. The zero-order valence-electron chi connectivity index (χ0n) is 10.9. The van der Waals surface area contributed by atoms with E-state index in [1.807, 2.05) is 30.5 Å². The predicted octanol–water partition coefficient (Wildman–Crippen LogP) is 1.10. The van der Waals surface area contributed by atoms with Crippen LogP contribution < -0.4 is 4.90 Å². The van der Waals surface area contributed by atoms with Crippen LogP contribution in [0.15, 0.2) is 12.7 Å². The van der Waals surface area contributed by atoms with Crippen molar-refractivity contribution in [3.05, 3.63) is 23.2 Å². The van der Waals surface area contributed by atoms with E-state index in [1.54, 1.807) is 12.7 Å². The van der Waals surface area contributed by atoms with E-state index < -0.39 is 0 Å². The van der Waals surface area contributed by atoms with Crippen molar-refractivity contribution in [3.8, 4) is 0 Å². The van der Waals surface area contributed by atoms with Gasteiger partial charge in [0.1, 0.15) is 6.33 Å². The number of rotatable bonds is 3. The average molecular weight is 275 g/mol. The lowest BCUT2D eigenvalue weighted by Crippen LogP contribution is -2.11. The van der Waals surface area contributed by atoms with Crippen molar-refractivity contribution < 1.29 is 0 Å². The van der Waals surface area contributed by atoms with Crippen LogP contribution in [0.4, 0.5) is 5.82 Å². The summed E-state index contributed by atoms with van der Waals surface area (Å²) in [5.41, 5.74) is 2.59. The molecule has 3 rings (SSSR count). The fraction of sp³-hybridized carbons (Fsp3) is 0.364. The predicted molar refractivity (Wildman–Crippen MR) is 73.4 cm³/mol. The summed E-state index contributed by atoms with van der Waals surface area (Å²) in [7, 11) is 3.89. The topological polar surface area (TPSA) is 72.6 Å². The van der Waals surface area contributed by atoms with Crippen LogP contribution in [-0.4, -0.2) is 43.2 Å². The Morgan fingerprint density at radius 1 is 1.26 bits per heavy atom. The first-order valence-corrected chi connectivity index (χ1v) is 6.55. The van der Waals surface area contributed by atoms with E-state index in [4.69, 9.17) is 0 Å². The summed E-state index contributed by atoms with van der Waals surface area (Å²) in [4.78, 5) is 16.0. The maximum atomic E-state index is 4.41. The largest absolute Gasteiger partial charge is 0.361 e. The molecule has 7 nitrogen and oxygen atoms in total. The van der Waals surface area contributed by atoms with E-state index in [1.165, 1.54) is 11.5 Å². The van der Waals surface area contributed by atoms with Crippen LogP contribution in [0.3, 0.4) is 0 Å². The normalized spacial score (nSPS) is 11.1. The van der Waals surface area contributed by atoms with Gasteiger partial charge in [-0.1, -0.05) is 4.49 Å². The van der Waals surface area contributed by atoms with Crippen LogP contribution in [0.5, 0.6) is 0 Å². The van der Waals surface area contributed by atoms with E-state index in [9.17, 15) is 0 Å². The number of imidazole rings is 1. The summed E-state index contributed by atoms with van der Waals surface area (Å²) < 4.78 is 5.94. The van der Waals surface area contributed by atoms with Crippen LogP contribution >= 0.6 is 11.5 Å². The molecule has 0 bridgehead atoms. The van der Waals surface area contributed by atoms with Crippen molar-refractivity contribution in [2.24, 2.45) is 0 Å². The highest BCUT2D eigenvalue weighted by Crippen LogP contribution is 2.21. The van der Waals surface area contributed by atoms with Crippen molar-refractivity contribution in [3.63, 3.8) is 0 Å². The number of nitrogens with zero attached hydrogens (tertiary/aromatic N) is 7. The van der Waals surface area contributed by atoms with Gasteiger partial charge in [0, 0.05) is 14.1 Å². The molecule has 0 N–H and O–H groups in total. The van der Waals surface area contributed by atoms with Crippen LogP contribution in [-0.2, 0) is 6.54 Å². The molecular weight excluding hydrogens is 262 g/mol. The zero-order chi connectivity index (χ0) is 13.4. The Morgan fingerprint density at radius 3 is 2.79 bits per heavy atom. The quantitative estimate of drug-likeness (QED) is 0.712. The van der Waals surface area contributed by atoms with Crippen molar-refractivity contribution in [2.75, 3.05) is 19.0 Å². The van der Waals surface area contributed by atoms with Crippen molar-refractivity contribution >= 4 is 28.5 Å². The minimum atomic E-state index is 0.684. The minimum absolute atomic E-state index is 0.684. The molecule has 0 aliphatic rings. The van der Waals surface area contributed by atoms with Crippen molar-refractivity contribution in [1.82, 2.24) is 29.1 Å². The average Bonchev–Trinajstić information content (AvgIpc) is 2.97. The molecule has 0 atom stereocenters. The molecule has 19 heavy (non-hydrogen) atoms. The highest BCUT2D eigenvalue weighted by atomic mass is 32.1. The highest BCUT2D eigenvalue weighted by molar-refractivity contribution is 7.05. The molecule has 0 aliphatic carbocycles. The molecule has 3 heterocycles. The second kappa shape index (κ2) is 4.54. The molecular formula is C11H13N7S. The monoisotopic (exact) mass is 275 g/mol. The molecule has 0 saturated carbocycles. The van der Waals surface area contributed by atoms with Crippen molar-refractivity contribution in [1.29, 1.82) is 0 Å². The molecule has 3 aromatic rings. The number of anilines is 1. The van der Waals surface area contributed by atoms with Gasteiger partial charge in [-0.05, 0) is 18.5 Å². The van der Waals surface area contributed by atoms with Gasteiger partial charge in [-0.25, -0.2) is 15.0 Å².